The van der Waals surface area contributed by atoms with Crippen molar-refractivity contribution in [2.24, 2.45) is 0 Å². The van der Waals surface area contributed by atoms with Gasteiger partial charge in [0.15, 0.2) is 0 Å². The third-order valence-electron chi connectivity index (χ3n) is 3.24. The van der Waals surface area contributed by atoms with Gasteiger partial charge in [-0.15, -0.1) is 0 Å². The number of carboxylic acid groups (broad SMARTS) is 2. The Morgan fingerprint density at radius 3 is 1.96 bits per heavy atom. The highest BCUT2D eigenvalue weighted by molar-refractivity contribution is 5.92. The van der Waals surface area contributed by atoms with Crippen molar-refractivity contribution in [3.63, 3.8) is 0 Å². The van der Waals surface area contributed by atoms with Gasteiger partial charge < -0.3 is 10.2 Å². The molecule has 24 heavy (non-hydrogen) atoms. The second-order valence-electron chi connectivity index (χ2n) is 4.86. The van der Waals surface area contributed by atoms with Crippen molar-refractivity contribution in [1.82, 2.24) is 15.0 Å². The summed E-state index contributed by atoms with van der Waals surface area (Å²) in [5.41, 5.74) is 1.34. The summed E-state index contributed by atoms with van der Waals surface area (Å²) in [6.45, 7) is 0. The van der Waals surface area contributed by atoms with Crippen molar-refractivity contribution >= 4 is 11.9 Å². The van der Waals surface area contributed by atoms with Gasteiger partial charge in [-0.05, 0) is 36.4 Å². The zero-order chi connectivity index (χ0) is 17.1. The minimum Gasteiger partial charge on any atom is -0.477 e. The van der Waals surface area contributed by atoms with E-state index in [0.29, 0.717) is 22.6 Å². The predicted octanol–water partition coefficient (Wildman–Crippen LogP) is 2.60. The summed E-state index contributed by atoms with van der Waals surface area (Å²) < 4.78 is 0. The average molecular weight is 321 g/mol. The second-order valence-corrected chi connectivity index (χ2v) is 4.86. The molecule has 118 valence electrons. The quantitative estimate of drug-likeness (QED) is 0.759. The molecule has 0 saturated carbocycles. The van der Waals surface area contributed by atoms with Crippen molar-refractivity contribution in [2.75, 3.05) is 0 Å². The summed E-state index contributed by atoms with van der Waals surface area (Å²) >= 11 is 0. The van der Waals surface area contributed by atoms with Gasteiger partial charge in [0.2, 0.25) is 0 Å². The highest BCUT2D eigenvalue weighted by Crippen LogP contribution is 2.23. The smallest absolute Gasteiger partial charge is 0.354 e. The fourth-order valence-electron chi connectivity index (χ4n) is 2.15. The second kappa shape index (κ2) is 6.25. The van der Waals surface area contributed by atoms with Crippen LogP contribution in [-0.4, -0.2) is 37.1 Å². The lowest BCUT2D eigenvalue weighted by Gasteiger charge is -2.06. The van der Waals surface area contributed by atoms with Crippen LogP contribution in [0.25, 0.3) is 22.6 Å². The Morgan fingerprint density at radius 1 is 0.750 bits per heavy atom. The van der Waals surface area contributed by atoms with Crippen molar-refractivity contribution in [3.05, 3.63) is 66.1 Å². The van der Waals surface area contributed by atoms with Crippen LogP contribution in [0.4, 0.5) is 0 Å². The molecule has 0 saturated heterocycles. The van der Waals surface area contributed by atoms with Gasteiger partial charge in [-0.25, -0.2) is 19.6 Å². The largest absolute Gasteiger partial charge is 0.477 e. The SMILES string of the molecule is O=C(O)c1cc(-c2cccc(-c3ccccn3)n2)cc(C(=O)O)n1. The average Bonchev–Trinajstić information content (AvgIpc) is 2.62. The molecule has 0 aromatic carbocycles. The Bertz CT molecular complexity index is 894. The van der Waals surface area contributed by atoms with Crippen LogP contribution in [0.5, 0.6) is 0 Å². The lowest BCUT2D eigenvalue weighted by Crippen LogP contribution is -2.08. The summed E-state index contributed by atoms with van der Waals surface area (Å²) in [6.07, 6.45) is 1.64. The lowest BCUT2D eigenvalue weighted by atomic mass is 10.1. The van der Waals surface area contributed by atoms with Crippen molar-refractivity contribution in [3.8, 4) is 22.6 Å². The predicted molar refractivity (Wildman–Crippen MR) is 84.6 cm³/mol. The molecular formula is C17H11N3O4. The van der Waals surface area contributed by atoms with Crippen LogP contribution < -0.4 is 0 Å². The van der Waals surface area contributed by atoms with E-state index in [2.05, 4.69) is 15.0 Å². The molecule has 0 aliphatic heterocycles. The molecule has 3 rings (SSSR count). The fourth-order valence-corrected chi connectivity index (χ4v) is 2.15. The van der Waals surface area contributed by atoms with Crippen LogP contribution >= 0.6 is 0 Å². The number of pyridine rings is 3. The first kappa shape index (κ1) is 15.3. The number of aromatic nitrogens is 3. The molecule has 0 bridgehead atoms. The molecule has 0 radical (unpaired) electrons. The van der Waals surface area contributed by atoms with Crippen molar-refractivity contribution in [1.29, 1.82) is 0 Å². The Morgan fingerprint density at radius 2 is 1.38 bits per heavy atom. The van der Waals surface area contributed by atoms with E-state index in [0.717, 1.165) is 0 Å². The van der Waals surface area contributed by atoms with E-state index < -0.39 is 11.9 Å². The number of aromatic carboxylic acids is 2. The maximum Gasteiger partial charge on any atom is 0.354 e. The first-order chi connectivity index (χ1) is 11.5. The minimum absolute atomic E-state index is 0.352. The molecule has 2 N–H and O–H groups in total. The van der Waals surface area contributed by atoms with Gasteiger partial charge in [-0.2, -0.15) is 0 Å². The normalized spacial score (nSPS) is 10.3. The molecule has 0 fully saturated rings. The van der Waals surface area contributed by atoms with Crippen molar-refractivity contribution < 1.29 is 19.8 Å². The summed E-state index contributed by atoms with van der Waals surface area (Å²) in [5.74, 6) is -2.61. The molecule has 0 atom stereocenters. The maximum absolute atomic E-state index is 11.2. The van der Waals surface area contributed by atoms with Crippen LogP contribution in [0, 0.1) is 0 Å². The lowest BCUT2D eigenvalue weighted by molar-refractivity contribution is 0.0685. The van der Waals surface area contributed by atoms with E-state index in [9.17, 15) is 9.59 Å². The van der Waals surface area contributed by atoms with Gasteiger partial charge in [-0.1, -0.05) is 12.1 Å². The summed E-state index contributed by atoms with van der Waals surface area (Å²) in [4.78, 5) is 34.6. The number of hydrogen-bond acceptors (Lipinski definition) is 5. The van der Waals surface area contributed by atoms with Crippen LogP contribution in [0.3, 0.4) is 0 Å². The Kier molecular flexibility index (Phi) is 3.98. The standard InChI is InChI=1S/C17H11N3O4/c21-16(22)14-8-10(9-15(20-14)17(23)24)11-5-3-6-13(19-11)12-4-1-2-7-18-12/h1-9H,(H,21,22)(H,23,24). The molecule has 0 aliphatic rings. The van der Waals surface area contributed by atoms with Gasteiger partial charge in [-0.3, -0.25) is 4.98 Å². The van der Waals surface area contributed by atoms with E-state index >= 15 is 0 Å². The number of rotatable bonds is 4. The molecule has 0 amide bonds. The third-order valence-corrected chi connectivity index (χ3v) is 3.24. The summed E-state index contributed by atoms with van der Waals surface area (Å²) in [5, 5.41) is 18.2. The fraction of sp³-hybridized carbons (Fsp3) is 0. The topological polar surface area (TPSA) is 113 Å². The first-order valence-corrected chi connectivity index (χ1v) is 6.92. The molecule has 0 spiro atoms. The van der Waals surface area contributed by atoms with Gasteiger partial charge in [0.1, 0.15) is 11.4 Å². The van der Waals surface area contributed by atoms with Gasteiger partial charge in [0, 0.05) is 11.8 Å². The third kappa shape index (κ3) is 3.09. The molecule has 3 aromatic heterocycles. The number of carboxylic acids is 2. The van der Waals surface area contributed by atoms with Gasteiger partial charge in [0.05, 0.1) is 17.1 Å². The molecule has 0 unspecified atom stereocenters. The molecule has 3 heterocycles. The highest BCUT2D eigenvalue weighted by Gasteiger charge is 2.15. The van der Waals surface area contributed by atoms with Gasteiger partial charge in [0.25, 0.3) is 0 Å². The van der Waals surface area contributed by atoms with Gasteiger partial charge >= 0.3 is 11.9 Å². The molecule has 7 heteroatoms. The molecular weight excluding hydrogens is 310 g/mol. The first-order valence-electron chi connectivity index (χ1n) is 6.92. The zero-order valence-corrected chi connectivity index (χ0v) is 12.2. The maximum atomic E-state index is 11.2. The van der Waals surface area contributed by atoms with E-state index in [4.69, 9.17) is 10.2 Å². The van der Waals surface area contributed by atoms with E-state index in [-0.39, 0.29) is 11.4 Å². The summed E-state index contributed by atoms with van der Waals surface area (Å²) in [6, 6.07) is 13.2. The monoisotopic (exact) mass is 321 g/mol. The van der Waals surface area contributed by atoms with Crippen molar-refractivity contribution in [2.45, 2.75) is 0 Å². The highest BCUT2D eigenvalue weighted by atomic mass is 16.4. The minimum atomic E-state index is -1.31. The Balaban J connectivity index is 2.12. The van der Waals surface area contributed by atoms with E-state index in [1.54, 1.807) is 36.5 Å². The zero-order valence-electron chi connectivity index (χ0n) is 12.2. The molecule has 3 aromatic rings. The Hall–Kier alpha value is -3.61. The molecule has 0 aliphatic carbocycles. The summed E-state index contributed by atoms with van der Waals surface area (Å²) in [7, 11) is 0. The van der Waals surface area contributed by atoms with Crippen LogP contribution in [-0.2, 0) is 0 Å². The number of nitrogens with zero attached hydrogens (tertiary/aromatic N) is 3. The Labute approximate surface area is 136 Å². The number of hydrogen-bond donors (Lipinski definition) is 2. The molecule has 7 nitrogen and oxygen atoms in total. The van der Waals surface area contributed by atoms with E-state index in [1.807, 2.05) is 6.07 Å². The number of carbonyl (C=O) groups is 2. The van der Waals surface area contributed by atoms with E-state index in [1.165, 1.54) is 12.1 Å². The van der Waals surface area contributed by atoms with Crippen LogP contribution in [0.2, 0.25) is 0 Å². The van der Waals surface area contributed by atoms with Crippen LogP contribution in [0.1, 0.15) is 21.0 Å². The van der Waals surface area contributed by atoms with Crippen LogP contribution in [0.15, 0.2) is 54.7 Å².